The van der Waals surface area contributed by atoms with Gasteiger partial charge in [0.15, 0.2) is 0 Å². The first-order valence-corrected chi connectivity index (χ1v) is 7.36. The predicted octanol–water partition coefficient (Wildman–Crippen LogP) is 2.78. The van der Waals surface area contributed by atoms with E-state index in [0.717, 1.165) is 0 Å². The van der Waals surface area contributed by atoms with E-state index in [9.17, 15) is 61.5 Å². The number of rotatable bonds is 8. The molecule has 0 radical (unpaired) electrons. The molecule has 0 saturated carbocycles. The van der Waals surface area contributed by atoms with E-state index < -0.39 is 62.6 Å². The van der Waals surface area contributed by atoms with E-state index in [4.69, 9.17) is 5.11 Å². The first-order valence-electron chi connectivity index (χ1n) is 5.92. The molecular weight excluding hydrogens is 427 g/mol. The standard InChI is InChI=1S/C9H8F11NO4S/c1-2-21(3-4(22)23)26(24,25)9(19,20)7(14,15)5(10,11)6(12,13)8(16,17)18/h2-3H2,1H3,(H,22,23). The van der Waals surface area contributed by atoms with Crippen molar-refractivity contribution in [2.75, 3.05) is 13.1 Å². The number of carbonyl (C=O) groups is 1. The van der Waals surface area contributed by atoms with E-state index >= 15 is 0 Å². The minimum absolute atomic E-state index is 0.581. The summed E-state index contributed by atoms with van der Waals surface area (Å²) in [5.74, 6) is -25.7. The molecular formula is C9H8F11NO4S. The van der Waals surface area contributed by atoms with Crippen LogP contribution in [0, 0.1) is 0 Å². The highest BCUT2D eigenvalue weighted by atomic mass is 32.2. The Kier molecular flexibility index (Phi) is 6.29. The largest absolute Gasteiger partial charge is 0.480 e. The molecule has 26 heavy (non-hydrogen) atoms. The molecule has 0 heterocycles. The Bertz CT molecular complexity index is 643. The fraction of sp³-hybridized carbons (Fsp3) is 0.889. The van der Waals surface area contributed by atoms with E-state index in [1.807, 2.05) is 0 Å². The van der Waals surface area contributed by atoms with E-state index in [2.05, 4.69) is 0 Å². The molecule has 1 N–H and O–H groups in total. The summed E-state index contributed by atoms with van der Waals surface area (Å²) in [6, 6.07) is 0. The highest BCUT2D eigenvalue weighted by Crippen LogP contribution is 2.58. The average Bonchev–Trinajstić information content (AvgIpc) is 2.42. The van der Waals surface area contributed by atoms with Crippen molar-refractivity contribution in [3.63, 3.8) is 0 Å². The molecule has 0 spiro atoms. The second-order valence-corrected chi connectivity index (χ2v) is 6.54. The molecule has 17 heteroatoms. The van der Waals surface area contributed by atoms with Crippen LogP contribution < -0.4 is 0 Å². The lowest BCUT2D eigenvalue weighted by atomic mass is 10.0. The summed E-state index contributed by atoms with van der Waals surface area (Å²) in [4.78, 5) is 10.3. The van der Waals surface area contributed by atoms with Gasteiger partial charge in [-0.1, -0.05) is 6.92 Å². The van der Waals surface area contributed by atoms with E-state index in [-0.39, 0.29) is 0 Å². The molecule has 0 bridgehead atoms. The van der Waals surface area contributed by atoms with Crippen LogP contribution >= 0.6 is 0 Å². The molecule has 0 aliphatic rings. The Morgan fingerprint density at radius 1 is 0.846 bits per heavy atom. The minimum atomic E-state index is -7.91. The number of aliphatic carboxylic acids is 1. The van der Waals surface area contributed by atoms with Crippen molar-refractivity contribution in [3.05, 3.63) is 0 Å². The number of hydrogen-bond donors (Lipinski definition) is 1. The number of likely N-dealkylation sites (N-methyl/N-ethyl adjacent to an activating group) is 1. The third kappa shape index (κ3) is 3.41. The number of nitrogens with zero attached hydrogens (tertiary/aromatic N) is 1. The zero-order valence-corrected chi connectivity index (χ0v) is 12.9. The van der Waals surface area contributed by atoms with Crippen molar-refractivity contribution in [3.8, 4) is 0 Å². The number of halogens is 11. The van der Waals surface area contributed by atoms with Gasteiger partial charge in [-0.2, -0.15) is 52.6 Å². The quantitative estimate of drug-likeness (QED) is 0.596. The summed E-state index contributed by atoms with van der Waals surface area (Å²) in [7, 11) is -7.10. The van der Waals surface area contributed by atoms with Gasteiger partial charge in [-0.05, 0) is 0 Å². The van der Waals surface area contributed by atoms with Crippen LogP contribution in [0.4, 0.5) is 48.3 Å². The second-order valence-electron chi connectivity index (χ2n) is 4.56. The maximum atomic E-state index is 13.5. The van der Waals surface area contributed by atoms with Crippen molar-refractivity contribution >= 4 is 16.0 Å². The maximum Gasteiger partial charge on any atom is 0.460 e. The third-order valence-electron chi connectivity index (χ3n) is 2.84. The van der Waals surface area contributed by atoms with Crippen LogP contribution in [0.15, 0.2) is 0 Å². The van der Waals surface area contributed by atoms with Gasteiger partial charge in [0.1, 0.15) is 6.54 Å². The SMILES string of the molecule is CCN(CC(=O)O)S(=O)(=O)C(F)(F)C(F)(F)C(F)(F)C(F)(F)C(F)(F)F. The molecule has 0 aliphatic heterocycles. The van der Waals surface area contributed by atoms with Crippen molar-refractivity contribution in [2.24, 2.45) is 0 Å². The lowest BCUT2D eigenvalue weighted by Gasteiger charge is -2.37. The molecule has 5 nitrogen and oxygen atoms in total. The summed E-state index contributed by atoms with van der Waals surface area (Å²) in [5.41, 5.74) is 0. The molecule has 0 saturated heterocycles. The predicted molar refractivity (Wildman–Crippen MR) is 59.6 cm³/mol. The van der Waals surface area contributed by atoms with Crippen molar-refractivity contribution in [1.29, 1.82) is 0 Å². The van der Waals surface area contributed by atoms with E-state index in [0.29, 0.717) is 6.92 Å². The molecule has 0 amide bonds. The summed E-state index contributed by atoms with van der Waals surface area (Å²) >= 11 is 0. The number of carboxylic acids is 1. The van der Waals surface area contributed by atoms with Gasteiger partial charge in [0.2, 0.25) is 0 Å². The number of alkyl halides is 11. The lowest BCUT2D eigenvalue weighted by Crippen LogP contribution is -2.69. The van der Waals surface area contributed by atoms with Crippen LogP contribution in [-0.2, 0) is 14.8 Å². The van der Waals surface area contributed by atoms with E-state index in [1.165, 1.54) is 0 Å². The van der Waals surface area contributed by atoms with Crippen LogP contribution in [-0.4, -0.2) is 66.1 Å². The topological polar surface area (TPSA) is 74.7 Å². The number of carboxylic acid groups (broad SMARTS) is 1. The number of hydrogen-bond acceptors (Lipinski definition) is 3. The third-order valence-corrected chi connectivity index (χ3v) is 4.81. The lowest BCUT2D eigenvalue weighted by molar-refractivity contribution is -0.413. The van der Waals surface area contributed by atoms with Gasteiger partial charge in [-0.25, -0.2) is 8.42 Å². The van der Waals surface area contributed by atoms with Crippen LogP contribution in [0.1, 0.15) is 6.92 Å². The van der Waals surface area contributed by atoms with Gasteiger partial charge in [0.25, 0.3) is 10.0 Å². The average molecular weight is 435 g/mol. The fourth-order valence-electron chi connectivity index (χ4n) is 1.40. The second kappa shape index (κ2) is 6.65. The molecule has 0 unspecified atom stereocenters. The number of sulfonamides is 1. The normalized spacial score (nSPS) is 15.4. The van der Waals surface area contributed by atoms with Gasteiger partial charge in [-0.3, -0.25) is 4.79 Å². The zero-order valence-electron chi connectivity index (χ0n) is 12.1. The van der Waals surface area contributed by atoms with Crippen molar-refractivity contribution < 1.29 is 66.6 Å². The smallest absolute Gasteiger partial charge is 0.460 e. The highest BCUT2D eigenvalue weighted by Gasteiger charge is 2.89. The molecule has 0 aromatic heterocycles. The van der Waals surface area contributed by atoms with Gasteiger partial charge < -0.3 is 5.11 Å². The van der Waals surface area contributed by atoms with Crippen molar-refractivity contribution in [2.45, 2.75) is 36.1 Å². The first kappa shape index (κ1) is 24.6. The molecule has 0 aliphatic carbocycles. The minimum Gasteiger partial charge on any atom is -0.480 e. The Labute approximate surface area is 137 Å². The monoisotopic (exact) mass is 435 g/mol. The van der Waals surface area contributed by atoms with Gasteiger partial charge in [0.05, 0.1) is 0 Å². The molecule has 0 aromatic carbocycles. The van der Waals surface area contributed by atoms with Crippen LogP contribution in [0.25, 0.3) is 0 Å². The molecule has 0 aromatic rings. The Morgan fingerprint density at radius 2 is 1.23 bits per heavy atom. The fourth-order valence-corrected chi connectivity index (χ4v) is 2.80. The van der Waals surface area contributed by atoms with Crippen LogP contribution in [0.5, 0.6) is 0 Å². The zero-order chi connectivity index (χ0) is 21.6. The van der Waals surface area contributed by atoms with Crippen molar-refractivity contribution in [1.82, 2.24) is 4.31 Å². The van der Waals surface area contributed by atoms with Crippen LogP contribution in [0.3, 0.4) is 0 Å². The van der Waals surface area contributed by atoms with Gasteiger partial charge in [0, 0.05) is 6.54 Å². The van der Waals surface area contributed by atoms with Gasteiger partial charge in [-0.15, -0.1) is 0 Å². The molecule has 0 atom stereocenters. The van der Waals surface area contributed by atoms with Gasteiger partial charge >= 0.3 is 35.2 Å². The molecule has 0 rings (SSSR count). The summed E-state index contributed by atoms with van der Waals surface area (Å²) in [5, 5.41) is 1.07. The van der Waals surface area contributed by atoms with E-state index in [1.54, 1.807) is 0 Å². The Hall–Kier alpha value is -1.39. The molecule has 0 fully saturated rings. The first-order chi connectivity index (χ1) is 11.1. The Morgan fingerprint density at radius 3 is 1.50 bits per heavy atom. The summed E-state index contributed by atoms with van der Waals surface area (Å²) in [6.45, 7) is -2.73. The summed E-state index contributed by atoms with van der Waals surface area (Å²) in [6.07, 6.45) is -7.44. The highest BCUT2D eigenvalue weighted by molar-refractivity contribution is 7.90. The van der Waals surface area contributed by atoms with Crippen LogP contribution in [0.2, 0.25) is 0 Å². The summed E-state index contributed by atoms with van der Waals surface area (Å²) < 4.78 is 162. The Balaban J connectivity index is 6.45. The molecule has 156 valence electrons. The maximum absolute atomic E-state index is 13.5.